The first-order chi connectivity index (χ1) is 30.7. The largest absolute Gasteiger partial charge is 0.256 e. The molecule has 0 fully saturated rings. The molecule has 9 aromatic carbocycles. The minimum absolute atomic E-state index is 0.620. The fourth-order valence-corrected chi connectivity index (χ4v) is 8.36. The standard InChI is InChI=1S/C58H38N4/c1-3-12-39(13-4-1)41-25-31-45(32-26-41)56-60-57(46-33-27-42(28-34-46)40-14-5-2-6-15-40)62-58(61-56)51-19-10-18-49(37-51)48-17-9-16-47(36-48)43-23-29-44(30-24-43)54-38-50-20-11-35-59-55(50)53-22-8-7-21-52(53)54/h1-38H. The molecule has 62 heavy (non-hydrogen) atoms. The van der Waals surface area contributed by atoms with Crippen LogP contribution in [0.4, 0.5) is 0 Å². The molecule has 0 radical (unpaired) electrons. The number of nitrogens with zero attached hydrogens (tertiary/aromatic N) is 4. The quantitative estimate of drug-likeness (QED) is 0.144. The molecule has 4 nitrogen and oxygen atoms in total. The van der Waals surface area contributed by atoms with Gasteiger partial charge in [-0.2, -0.15) is 0 Å². The van der Waals surface area contributed by atoms with Gasteiger partial charge in [0.15, 0.2) is 17.5 Å². The van der Waals surface area contributed by atoms with E-state index in [1.54, 1.807) is 0 Å². The molecule has 0 saturated carbocycles. The van der Waals surface area contributed by atoms with Crippen LogP contribution in [0.25, 0.3) is 111 Å². The van der Waals surface area contributed by atoms with Gasteiger partial charge >= 0.3 is 0 Å². The van der Waals surface area contributed by atoms with Crippen molar-refractivity contribution >= 4 is 21.7 Å². The van der Waals surface area contributed by atoms with Crippen molar-refractivity contribution in [3.8, 4) is 89.8 Å². The van der Waals surface area contributed by atoms with Crippen molar-refractivity contribution in [3.63, 3.8) is 0 Å². The van der Waals surface area contributed by atoms with Crippen LogP contribution < -0.4 is 0 Å². The van der Waals surface area contributed by atoms with Gasteiger partial charge in [-0.1, -0.05) is 200 Å². The Morgan fingerprint density at radius 1 is 0.242 bits per heavy atom. The minimum Gasteiger partial charge on any atom is -0.256 e. The first-order valence-electron chi connectivity index (χ1n) is 20.9. The third-order valence-corrected chi connectivity index (χ3v) is 11.6. The van der Waals surface area contributed by atoms with Crippen LogP contribution in [0.2, 0.25) is 0 Å². The van der Waals surface area contributed by atoms with E-state index < -0.39 is 0 Å². The maximum absolute atomic E-state index is 5.11. The van der Waals surface area contributed by atoms with Gasteiger partial charge in [-0.25, -0.2) is 15.0 Å². The van der Waals surface area contributed by atoms with E-state index in [1.165, 1.54) is 33.0 Å². The monoisotopic (exact) mass is 790 g/mol. The van der Waals surface area contributed by atoms with E-state index in [0.29, 0.717) is 17.5 Å². The Labute approximate surface area is 360 Å². The summed E-state index contributed by atoms with van der Waals surface area (Å²) in [6.45, 7) is 0. The van der Waals surface area contributed by atoms with Crippen molar-refractivity contribution < 1.29 is 0 Å². The van der Waals surface area contributed by atoms with Crippen LogP contribution in [0.1, 0.15) is 0 Å². The van der Waals surface area contributed by atoms with Gasteiger partial charge < -0.3 is 0 Å². The molecular weight excluding hydrogens is 753 g/mol. The molecule has 2 aromatic heterocycles. The normalized spacial score (nSPS) is 11.2. The zero-order chi connectivity index (χ0) is 41.2. The Morgan fingerprint density at radius 3 is 1.19 bits per heavy atom. The molecule has 0 saturated heterocycles. The number of rotatable bonds is 8. The van der Waals surface area contributed by atoms with Crippen molar-refractivity contribution in [2.24, 2.45) is 0 Å². The van der Waals surface area contributed by atoms with Crippen LogP contribution >= 0.6 is 0 Å². The summed E-state index contributed by atoms with van der Waals surface area (Å²) < 4.78 is 0. The number of pyridine rings is 1. The third kappa shape index (κ3) is 7.20. The maximum atomic E-state index is 5.11. The molecule has 0 atom stereocenters. The Bertz CT molecular complexity index is 3260. The van der Waals surface area contributed by atoms with Crippen molar-refractivity contribution in [2.45, 2.75) is 0 Å². The number of hydrogen-bond donors (Lipinski definition) is 0. The van der Waals surface area contributed by atoms with Crippen LogP contribution in [-0.2, 0) is 0 Å². The Morgan fingerprint density at radius 2 is 0.629 bits per heavy atom. The molecule has 11 aromatic rings. The molecule has 0 unspecified atom stereocenters. The lowest BCUT2D eigenvalue weighted by Crippen LogP contribution is -2.00. The number of aromatic nitrogens is 4. The fraction of sp³-hybridized carbons (Fsp3) is 0. The predicted octanol–water partition coefficient (Wildman–Crippen LogP) is 14.9. The Balaban J connectivity index is 0.935. The highest BCUT2D eigenvalue weighted by Crippen LogP contribution is 2.36. The second kappa shape index (κ2) is 16.0. The van der Waals surface area contributed by atoms with E-state index in [2.05, 4.69) is 206 Å². The highest BCUT2D eigenvalue weighted by atomic mass is 15.0. The fourth-order valence-electron chi connectivity index (χ4n) is 8.36. The smallest absolute Gasteiger partial charge is 0.164 e. The molecule has 0 spiro atoms. The summed E-state index contributed by atoms with van der Waals surface area (Å²) in [4.78, 5) is 20.0. The summed E-state index contributed by atoms with van der Waals surface area (Å²) in [7, 11) is 0. The van der Waals surface area contributed by atoms with Crippen LogP contribution in [-0.4, -0.2) is 19.9 Å². The van der Waals surface area contributed by atoms with Gasteiger partial charge in [0.1, 0.15) is 0 Å². The lowest BCUT2D eigenvalue weighted by molar-refractivity contribution is 1.07. The van der Waals surface area contributed by atoms with E-state index in [0.717, 1.165) is 61.0 Å². The lowest BCUT2D eigenvalue weighted by Gasteiger charge is -2.12. The molecule has 0 N–H and O–H groups in total. The zero-order valence-electron chi connectivity index (χ0n) is 33.7. The predicted molar refractivity (Wildman–Crippen MR) is 256 cm³/mol. The molecule has 11 rings (SSSR count). The Kier molecular flexibility index (Phi) is 9.49. The highest BCUT2D eigenvalue weighted by molar-refractivity contribution is 6.12. The van der Waals surface area contributed by atoms with Crippen LogP contribution in [0, 0.1) is 0 Å². The van der Waals surface area contributed by atoms with Crippen molar-refractivity contribution in [1.82, 2.24) is 19.9 Å². The highest BCUT2D eigenvalue weighted by Gasteiger charge is 2.15. The van der Waals surface area contributed by atoms with Crippen LogP contribution in [0.3, 0.4) is 0 Å². The van der Waals surface area contributed by atoms with E-state index >= 15 is 0 Å². The van der Waals surface area contributed by atoms with Gasteiger partial charge in [-0.15, -0.1) is 0 Å². The number of benzene rings is 9. The van der Waals surface area contributed by atoms with E-state index in [9.17, 15) is 0 Å². The number of hydrogen-bond acceptors (Lipinski definition) is 4. The Hall–Kier alpha value is -8.34. The molecule has 2 heterocycles. The second-order valence-corrected chi connectivity index (χ2v) is 15.5. The SMILES string of the molecule is c1ccc(-c2ccc(-c3nc(-c4ccc(-c5ccccc5)cc4)nc(-c4cccc(-c5cccc(-c6ccc(-c7cc8cccnc8c8ccccc78)cc6)c5)c4)n3)cc2)cc1. The van der Waals surface area contributed by atoms with Crippen molar-refractivity contribution in [3.05, 3.63) is 231 Å². The summed E-state index contributed by atoms with van der Waals surface area (Å²) in [5.74, 6) is 1.87. The summed E-state index contributed by atoms with van der Waals surface area (Å²) >= 11 is 0. The minimum atomic E-state index is 0.620. The first kappa shape index (κ1) is 36.7. The van der Waals surface area contributed by atoms with Gasteiger partial charge in [0.05, 0.1) is 5.52 Å². The van der Waals surface area contributed by atoms with Gasteiger partial charge in [0.2, 0.25) is 0 Å². The molecule has 0 aliphatic heterocycles. The average Bonchev–Trinajstić information content (AvgIpc) is 3.37. The average molecular weight is 791 g/mol. The molecule has 0 aliphatic rings. The third-order valence-electron chi connectivity index (χ3n) is 11.6. The molecule has 290 valence electrons. The van der Waals surface area contributed by atoms with E-state index in [4.69, 9.17) is 19.9 Å². The van der Waals surface area contributed by atoms with Crippen molar-refractivity contribution in [2.75, 3.05) is 0 Å². The summed E-state index contributed by atoms with van der Waals surface area (Å²) in [6.07, 6.45) is 1.87. The topological polar surface area (TPSA) is 51.6 Å². The number of fused-ring (bicyclic) bond motifs is 3. The lowest BCUT2D eigenvalue weighted by atomic mass is 9.93. The zero-order valence-corrected chi connectivity index (χ0v) is 33.7. The van der Waals surface area contributed by atoms with Crippen molar-refractivity contribution in [1.29, 1.82) is 0 Å². The molecule has 4 heteroatoms. The van der Waals surface area contributed by atoms with Gasteiger partial charge in [0, 0.05) is 33.7 Å². The molecule has 0 aliphatic carbocycles. The van der Waals surface area contributed by atoms with Gasteiger partial charge in [-0.05, 0) is 85.3 Å². The summed E-state index contributed by atoms with van der Waals surface area (Å²) in [6, 6.07) is 78.8. The van der Waals surface area contributed by atoms with Crippen LogP contribution in [0.15, 0.2) is 231 Å². The first-order valence-corrected chi connectivity index (χ1v) is 20.9. The molecule has 0 amide bonds. The summed E-state index contributed by atoms with van der Waals surface area (Å²) in [5.41, 5.74) is 15.3. The summed E-state index contributed by atoms with van der Waals surface area (Å²) in [5, 5.41) is 3.51. The molecule has 0 bridgehead atoms. The molecular formula is C58H38N4. The second-order valence-electron chi connectivity index (χ2n) is 15.5. The maximum Gasteiger partial charge on any atom is 0.164 e. The van der Waals surface area contributed by atoms with E-state index in [1.807, 2.05) is 24.4 Å². The van der Waals surface area contributed by atoms with Crippen LogP contribution in [0.5, 0.6) is 0 Å². The van der Waals surface area contributed by atoms with E-state index in [-0.39, 0.29) is 0 Å². The van der Waals surface area contributed by atoms with Gasteiger partial charge in [-0.3, -0.25) is 4.98 Å². The van der Waals surface area contributed by atoms with Gasteiger partial charge in [0.25, 0.3) is 0 Å².